The molecular formula is C28H42N4O4. The number of hydrogen-bond acceptors (Lipinski definition) is 6. The van der Waals surface area contributed by atoms with Crippen LogP contribution in [0, 0.1) is 11.8 Å². The molecule has 0 N–H and O–H groups in total. The molecule has 0 aliphatic carbocycles. The first-order valence-corrected chi connectivity index (χ1v) is 13.9. The van der Waals surface area contributed by atoms with E-state index in [1.807, 2.05) is 9.80 Å². The van der Waals surface area contributed by atoms with Crippen LogP contribution in [0.3, 0.4) is 0 Å². The number of morpholine rings is 2. The van der Waals surface area contributed by atoms with Gasteiger partial charge in [-0.05, 0) is 63.0 Å². The topological polar surface area (TPSA) is 65.6 Å². The fourth-order valence-corrected chi connectivity index (χ4v) is 6.03. The second-order valence-electron chi connectivity index (χ2n) is 10.8. The Balaban J connectivity index is 1.02. The molecule has 4 heterocycles. The molecule has 1 aromatic rings. The maximum Gasteiger partial charge on any atom is 0.225 e. The summed E-state index contributed by atoms with van der Waals surface area (Å²) in [6.45, 7) is 11.5. The van der Waals surface area contributed by atoms with Crippen molar-refractivity contribution >= 4 is 11.8 Å². The first-order chi connectivity index (χ1) is 17.7. The molecule has 0 saturated carbocycles. The van der Waals surface area contributed by atoms with Crippen LogP contribution < -0.4 is 0 Å². The number of rotatable bonds is 6. The van der Waals surface area contributed by atoms with E-state index in [0.717, 1.165) is 91.1 Å². The van der Waals surface area contributed by atoms with Crippen molar-refractivity contribution in [2.45, 2.75) is 38.8 Å². The summed E-state index contributed by atoms with van der Waals surface area (Å²) in [4.78, 5) is 34.5. The van der Waals surface area contributed by atoms with E-state index in [9.17, 15) is 9.59 Å². The van der Waals surface area contributed by atoms with Gasteiger partial charge in [0.25, 0.3) is 0 Å². The third-order valence-corrected chi connectivity index (χ3v) is 8.35. The highest BCUT2D eigenvalue weighted by atomic mass is 16.5. The van der Waals surface area contributed by atoms with Crippen molar-refractivity contribution in [1.82, 2.24) is 19.6 Å². The average molecular weight is 499 g/mol. The van der Waals surface area contributed by atoms with Gasteiger partial charge in [-0.25, -0.2) is 0 Å². The number of benzene rings is 1. The van der Waals surface area contributed by atoms with Gasteiger partial charge in [0.1, 0.15) is 0 Å². The van der Waals surface area contributed by atoms with Gasteiger partial charge in [0.15, 0.2) is 0 Å². The Bertz CT molecular complexity index is 780. The van der Waals surface area contributed by atoms with E-state index in [2.05, 4.69) is 34.1 Å². The average Bonchev–Trinajstić information content (AvgIpc) is 2.95. The van der Waals surface area contributed by atoms with Crippen LogP contribution in [0.25, 0.3) is 0 Å². The lowest BCUT2D eigenvalue weighted by molar-refractivity contribution is -0.141. The molecule has 4 aliphatic heterocycles. The summed E-state index contributed by atoms with van der Waals surface area (Å²) in [6.07, 6.45) is 3.83. The molecule has 0 atom stereocenters. The van der Waals surface area contributed by atoms with Crippen molar-refractivity contribution in [3.63, 3.8) is 0 Å². The first-order valence-electron chi connectivity index (χ1n) is 13.9. The van der Waals surface area contributed by atoms with E-state index in [1.165, 1.54) is 11.1 Å². The van der Waals surface area contributed by atoms with Gasteiger partial charge in [0, 0.05) is 51.1 Å². The fraction of sp³-hybridized carbons (Fsp3) is 0.714. The van der Waals surface area contributed by atoms with Crippen LogP contribution in [0.1, 0.15) is 36.8 Å². The number of ether oxygens (including phenoxy) is 2. The molecule has 8 nitrogen and oxygen atoms in total. The van der Waals surface area contributed by atoms with Crippen LogP contribution >= 0.6 is 0 Å². The SMILES string of the molecule is O=C(C1CCN(Cc2ccc(CN3CCC(C(=O)N4CCOCC4)CC3)cc2)CC1)N1CCOCC1. The molecule has 4 aliphatic rings. The first kappa shape index (κ1) is 25.6. The highest BCUT2D eigenvalue weighted by Gasteiger charge is 2.30. The molecule has 0 aromatic heterocycles. The van der Waals surface area contributed by atoms with Gasteiger partial charge in [-0.3, -0.25) is 19.4 Å². The molecule has 1 aromatic carbocycles. The quantitative estimate of drug-likeness (QED) is 0.596. The standard InChI is InChI=1S/C28H42N4O4/c33-27(31-13-17-35-18-14-31)25-5-9-29(10-6-25)21-23-1-2-24(4-3-23)22-30-11-7-26(8-12-30)28(34)32-15-19-36-20-16-32/h1-4,25-26H,5-22H2. The lowest BCUT2D eigenvalue weighted by Crippen LogP contribution is -2.46. The summed E-state index contributed by atoms with van der Waals surface area (Å²) in [5.74, 6) is 1.01. The summed E-state index contributed by atoms with van der Waals surface area (Å²) in [7, 11) is 0. The number of hydrogen-bond donors (Lipinski definition) is 0. The number of carbonyl (C=O) groups is 2. The summed E-state index contributed by atoms with van der Waals surface area (Å²) < 4.78 is 10.8. The minimum Gasteiger partial charge on any atom is -0.378 e. The van der Waals surface area contributed by atoms with Gasteiger partial charge in [0.05, 0.1) is 26.4 Å². The molecule has 36 heavy (non-hydrogen) atoms. The molecule has 0 bridgehead atoms. The van der Waals surface area contributed by atoms with Gasteiger partial charge in [0.2, 0.25) is 11.8 Å². The normalized spacial score (nSPS) is 23.7. The zero-order valence-electron chi connectivity index (χ0n) is 21.6. The summed E-state index contributed by atoms with van der Waals surface area (Å²) in [5, 5.41) is 0. The highest BCUT2D eigenvalue weighted by Crippen LogP contribution is 2.24. The molecule has 0 radical (unpaired) electrons. The molecule has 4 saturated heterocycles. The minimum atomic E-state index is 0.176. The van der Waals surface area contributed by atoms with Crippen molar-refractivity contribution in [2.75, 3.05) is 78.8 Å². The monoisotopic (exact) mass is 498 g/mol. The lowest BCUT2D eigenvalue weighted by atomic mass is 9.94. The predicted octanol–water partition coefficient (Wildman–Crippen LogP) is 1.83. The van der Waals surface area contributed by atoms with Crippen LogP contribution in [0.2, 0.25) is 0 Å². The lowest BCUT2D eigenvalue weighted by Gasteiger charge is -2.35. The predicted molar refractivity (Wildman–Crippen MR) is 137 cm³/mol. The summed E-state index contributed by atoms with van der Waals surface area (Å²) in [6, 6.07) is 9.04. The zero-order valence-corrected chi connectivity index (χ0v) is 21.6. The fourth-order valence-electron chi connectivity index (χ4n) is 6.03. The zero-order chi connectivity index (χ0) is 24.7. The van der Waals surface area contributed by atoms with E-state index < -0.39 is 0 Å². The van der Waals surface area contributed by atoms with Crippen molar-refractivity contribution in [3.05, 3.63) is 35.4 Å². The molecule has 5 rings (SSSR count). The Kier molecular flexibility index (Phi) is 8.90. The van der Waals surface area contributed by atoms with Crippen LogP contribution in [0.15, 0.2) is 24.3 Å². The highest BCUT2D eigenvalue weighted by molar-refractivity contribution is 5.79. The van der Waals surface area contributed by atoms with Crippen molar-refractivity contribution in [2.24, 2.45) is 11.8 Å². The maximum absolute atomic E-state index is 12.8. The van der Waals surface area contributed by atoms with E-state index in [1.54, 1.807) is 0 Å². The Labute approximate surface area is 215 Å². The summed E-state index contributed by atoms with van der Waals surface area (Å²) >= 11 is 0. The van der Waals surface area contributed by atoms with Gasteiger partial charge in [-0.2, -0.15) is 0 Å². The largest absolute Gasteiger partial charge is 0.378 e. The van der Waals surface area contributed by atoms with Crippen LogP contribution in [-0.2, 0) is 32.2 Å². The van der Waals surface area contributed by atoms with Gasteiger partial charge < -0.3 is 19.3 Å². The Hall–Kier alpha value is -2.00. The molecule has 2 amide bonds. The number of piperidine rings is 2. The molecule has 0 spiro atoms. The van der Waals surface area contributed by atoms with Crippen LogP contribution in [0.4, 0.5) is 0 Å². The second kappa shape index (κ2) is 12.5. The second-order valence-corrected chi connectivity index (χ2v) is 10.8. The Morgan fingerprint density at radius 2 is 0.917 bits per heavy atom. The molecular weight excluding hydrogens is 456 g/mol. The number of carbonyl (C=O) groups excluding carboxylic acids is 2. The third kappa shape index (κ3) is 6.65. The molecule has 198 valence electrons. The number of likely N-dealkylation sites (tertiary alicyclic amines) is 2. The smallest absolute Gasteiger partial charge is 0.225 e. The van der Waals surface area contributed by atoms with E-state index >= 15 is 0 Å². The summed E-state index contributed by atoms with van der Waals surface area (Å²) in [5.41, 5.74) is 2.68. The maximum atomic E-state index is 12.8. The minimum absolute atomic E-state index is 0.176. The van der Waals surface area contributed by atoms with Crippen molar-refractivity contribution in [1.29, 1.82) is 0 Å². The molecule has 0 unspecified atom stereocenters. The molecule has 8 heteroatoms. The Morgan fingerprint density at radius 3 is 1.25 bits per heavy atom. The van der Waals surface area contributed by atoms with Gasteiger partial charge in [-0.15, -0.1) is 0 Å². The van der Waals surface area contributed by atoms with Gasteiger partial charge >= 0.3 is 0 Å². The van der Waals surface area contributed by atoms with E-state index in [-0.39, 0.29) is 11.8 Å². The third-order valence-electron chi connectivity index (χ3n) is 8.35. The number of amides is 2. The number of nitrogens with zero attached hydrogens (tertiary/aromatic N) is 4. The molecule has 4 fully saturated rings. The van der Waals surface area contributed by atoms with Crippen LogP contribution in [-0.4, -0.2) is 110 Å². The van der Waals surface area contributed by atoms with Crippen molar-refractivity contribution in [3.8, 4) is 0 Å². The van der Waals surface area contributed by atoms with Crippen LogP contribution in [0.5, 0.6) is 0 Å². The Morgan fingerprint density at radius 1 is 0.583 bits per heavy atom. The van der Waals surface area contributed by atoms with E-state index in [0.29, 0.717) is 38.2 Å². The van der Waals surface area contributed by atoms with E-state index in [4.69, 9.17) is 9.47 Å². The van der Waals surface area contributed by atoms with Crippen molar-refractivity contribution < 1.29 is 19.1 Å². The van der Waals surface area contributed by atoms with Gasteiger partial charge in [-0.1, -0.05) is 24.3 Å².